The summed E-state index contributed by atoms with van der Waals surface area (Å²) in [5.41, 5.74) is 2.06. The maximum absolute atomic E-state index is 13.9. The summed E-state index contributed by atoms with van der Waals surface area (Å²) in [7, 11) is 0. The number of hydrogen-bond donors (Lipinski definition) is 3. The lowest BCUT2D eigenvalue weighted by atomic mass is 10.1. The van der Waals surface area contributed by atoms with Gasteiger partial charge in [0.25, 0.3) is 0 Å². The number of hydrogen-bond acceptors (Lipinski definition) is 7. The van der Waals surface area contributed by atoms with E-state index in [4.69, 9.17) is 24.6 Å². The number of rotatable bonds is 5. The van der Waals surface area contributed by atoms with Gasteiger partial charge in [-0.05, 0) is 26.0 Å². The Bertz CT molecular complexity index is 1060. The maximum atomic E-state index is 13.9. The Morgan fingerprint density at radius 3 is 2.44 bits per heavy atom. The number of aromatic nitrogens is 2. The summed E-state index contributed by atoms with van der Waals surface area (Å²) in [4.78, 5) is 20.9. The Morgan fingerprint density at radius 1 is 1.19 bits per heavy atom. The van der Waals surface area contributed by atoms with Gasteiger partial charge in [-0.25, -0.2) is 23.5 Å². The van der Waals surface area contributed by atoms with Gasteiger partial charge in [-0.1, -0.05) is 0 Å². The maximum Gasteiger partial charge on any atom is 0.490 e. The number of ether oxygens (including phenoxy) is 1. The van der Waals surface area contributed by atoms with Crippen LogP contribution in [0.2, 0.25) is 0 Å². The van der Waals surface area contributed by atoms with Gasteiger partial charge in [-0.15, -0.1) is 0 Å². The first-order valence-corrected chi connectivity index (χ1v) is 11.5. The summed E-state index contributed by atoms with van der Waals surface area (Å²) in [5.74, 6) is -2.22. The van der Waals surface area contributed by atoms with Crippen LogP contribution in [0.5, 0.6) is 5.75 Å². The largest absolute Gasteiger partial charge is 0.490 e. The molecule has 198 valence electrons. The zero-order valence-electron chi connectivity index (χ0n) is 19.8. The smallest absolute Gasteiger partial charge is 0.487 e. The Hall–Kier alpha value is -3.22. The summed E-state index contributed by atoms with van der Waals surface area (Å²) in [6.07, 6.45) is -2.85. The van der Waals surface area contributed by atoms with E-state index in [1.165, 1.54) is 12.1 Å². The van der Waals surface area contributed by atoms with E-state index in [1.807, 2.05) is 0 Å². The molecule has 3 N–H and O–H groups in total. The third-order valence-electron chi connectivity index (χ3n) is 5.46. The predicted molar refractivity (Wildman–Crippen MR) is 122 cm³/mol. The van der Waals surface area contributed by atoms with E-state index in [1.54, 1.807) is 0 Å². The van der Waals surface area contributed by atoms with E-state index >= 15 is 0 Å². The molecule has 0 spiro atoms. The molecule has 13 heteroatoms. The number of anilines is 2. The highest BCUT2D eigenvalue weighted by molar-refractivity contribution is 5.73. The van der Waals surface area contributed by atoms with E-state index in [-0.39, 0.29) is 17.9 Å². The number of fused-ring (bicyclic) bond motifs is 1. The van der Waals surface area contributed by atoms with E-state index in [2.05, 4.69) is 29.4 Å². The molecule has 2 aromatic rings. The monoisotopic (exact) mass is 517 g/mol. The fraction of sp³-hybridized carbons (Fsp3) is 0.522. The van der Waals surface area contributed by atoms with E-state index in [0.717, 1.165) is 74.5 Å². The zero-order chi connectivity index (χ0) is 26.5. The number of nitrogens with zero attached hydrogens (tertiary/aromatic N) is 3. The van der Waals surface area contributed by atoms with Crippen LogP contribution < -0.4 is 20.3 Å². The fourth-order valence-corrected chi connectivity index (χ4v) is 3.78. The molecule has 4 rings (SSSR count). The SMILES string of the molecule is CC(C)Nc1nc2c(nc1N1CCC(Oc3ccc(F)cc3F)CC1)CCNC2.O=C(O)C(F)(F)F. The highest BCUT2D eigenvalue weighted by atomic mass is 19.4. The summed E-state index contributed by atoms with van der Waals surface area (Å²) in [5, 5.41) is 13.9. The second-order valence-corrected chi connectivity index (χ2v) is 8.70. The molecular formula is C23H28F5N5O3. The number of benzene rings is 1. The number of carboxylic acid groups (broad SMARTS) is 1. The minimum atomic E-state index is -5.08. The lowest BCUT2D eigenvalue weighted by Gasteiger charge is -2.34. The Kier molecular flexibility index (Phi) is 8.88. The molecule has 3 heterocycles. The molecule has 36 heavy (non-hydrogen) atoms. The second-order valence-electron chi connectivity index (χ2n) is 8.70. The van der Waals surface area contributed by atoms with E-state index in [0.29, 0.717) is 0 Å². The third kappa shape index (κ3) is 7.39. The second kappa shape index (κ2) is 11.7. The van der Waals surface area contributed by atoms with Gasteiger partial charge in [0.1, 0.15) is 11.9 Å². The van der Waals surface area contributed by atoms with Gasteiger partial charge in [-0.3, -0.25) is 0 Å². The predicted octanol–water partition coefficient (Wildman–Crippen LogP) is 3.90. The number of carboxylic acids is 1. The van der Waals surface area contributed by atoms with Crippen molar-refractivity contribution in [3.63, 3.8) is 0 Å². The molecule has 2 aliphatic rings. The minimum absolute atomic E-state index is 0.105. The van der Waals surface area contributed by atoms with Crippen LogP contribution in [0.15, 0.2) is 18.2 Å². The quantitative estimate of drug-likeness (QED) is 0.514. The molecule has 1 saturated heterocycles. The molecular weight excluding hydrogens is 489 g/mol. The van der Waals surface area contributed by atoms with Crippen LogP contribution in [-0.4, -0.2) is 59.0 Å². The van der Waals surface area contributed by atoms with Crippen molar-refractivity contribution < 1.29 is 36.6 Å². The molecule has 0 unspecified atom stereocenters. The molecule has 2 aliphatic heterocycles. The number of alkyl halides is 3. The first kappa shape index (κ1) is 27.4. The highest BCUT2D eigenvalue weighted by Crippen LogP contribution is 2.29. The molecule has 1 aromatic heterocycles. The first-order chi connectivity index (χ1) is 16.9. The molecule has 0 radical (unpaired) electrons. The van der Waals surface area contributed by atoms with Crippen LogP contribution in [0.3, 0.4) is 0 Å². The Labute approximate surface area is 204 Å². The first-order valence-electron chi connectivity index (χ1n) is 11.5. The van der Waals surface area contributed by atoms with Gasteiger partial charge in [0.15, 0.2) is 23.2 Å². The zero-order valence-corrected chi connectivity index (χ0v) is 19.8. The van der Waals surface area contributed by atoms with Crippen molar-refractivity contribution >= 4 is 17.6 Å². The Balaban J connectivity index is 0.000000454. The van der Waals surface area contributed by atoms with Crippen LogP contribution in [0, 0.1) is 11.6 Å². The summed E-state index contributed by atoms with van der Waals surface area (Å²) < 4.78 is 64.5. The fourth-order valence-electron chi connectivity index (χ4n) is 3.78. The van der Waals surface area contributed by atoms with E-state index in [9.17, 15) is 22.0 Å². The average molecular weight is 517 g/mol. The highest BCUT2D eigenvalue weighted by Gasteiger charge is 2.38. The van der Waals surface area contributed by atoms with Crippen LogP contribution in [-0.2, 0) is 17.8 Å². The average Bonchev–Trinajstić information content (AvgIpc) is 2.80. The van der Waals surface area contributed by atoms with Gasteiger partial charge < -0.3 is 25.4 Å². The number of piperidine rings is 1. The normalized spacial score (nSPS) is 16.2. The number of carbonyl (C=O) groups is 1. The number of halogens is 5. The molecule has 8 nitrogen and oxygen atoms in total. The van der Waals surface area contributed by atoms with Gasteiger partial charge >= 0.3 is 12.1 Å². The number of nitrogens with one attached hydrogen (secondary N) is 2. The molecule has 0 amide bonds. The topological polar surface area (TPSA) is 99.6 Å². The van der Waals surface area contributed by atoms with Gasteiger partial charge in [-0.2, -0.15) is 13.2 Å². The Morgan fingerprint density at radius 2 is 1.86 bits per heavy atom. The molecule has 0 saturated carbocycles. The molecule has 0 bridgehead atoms. The van der Waals surface area contributed by atoms with Crippen molar-refractivity contribution in [1.82, 2.24) is 15.3 Å². The molecule has 0 atom stereocenters. The van der Waals surface area contributed by atoms with Crippen LogP contribution in [0.25, 0.3) is 0 Å². The van der Waals surface area contributed by atoms with E-state index < -0.39 is 23.8 Å². The molecule has 1 aromatic carbocycles. The standard InChI is InChI=1S/C21H27F2N5O.C2HF3O2/c1-13(2)25-20-21(27-17-5-8-24-12-18(17)26-20)28-9-6-15(7-10-28)29-19-4-3-14(22)11-16(19)23;3-2(4,5)1(6)7/h3-4,11,13,15,24H,5-10,12H2,1-2H3,(H,25,26);(H,6,7). The van der Waals surface area contributed by atoms with Gasteiger partial charge in [0, 0.05) is 57.5 Å². The van der Waals surface area contributed by atoms with Gasteiger partial charge in [0.2, 0.25) is 0 Å². The van der Waals surface area contributed by atoms with Crippen LogP contribution >= 0.6 is 0 Å². The van der Waals surface area contributed by atoms with Crippen LogP contribution in [0.4, 0.5) is 33.6 Å². The van der Waals surface area contributed by atoms with Crippen molar-refractivity contribution in [3.8, 4) is 5.75 Å². The lowest BCUT2D eigenvalue weighted by molar-refractivity contribution is -0.192. The van der Waals surface area contributed by atoms with Crippen molar-refractivity contribution in [2.24, 2.45) is 0 Å². The summed E-state index contributed by atoms with van der Waals surface area (Å²) in [6, 6.07) is 3.67. The molecule has 0 aliphatic carbocycles. The van der Waals surface area contributed by atoms with Crippen molar-refractivity contribution in [2.45, 2.75) is 58.0 Å². The summed E-state index contributed by atoms with van der Waals surface area (Å²) in [6.45, 7) is 7.31. The van der Waals surface area contributed by atoms with Crippen LogP contribution in [0.1, 0.15) is 38.1 Å². The summed E-state index contributed by atoms with van der Waals surface area (Å²) >= 11 is 0. The van der Waals surface area contributed by atoms with Crippen molar-refractivity contribution in [1.29, 1.82) is 0 Å². The van der Waals surface area contributed by atoms with Gasteiger partial charge in [0.05, 0.1) is 11.4 Å². The van der Waals surface area contributed by atoms with Crippen molar-refractivity contribution in [3.05, 3.63) is 41.2 Å². The van der Waals surface area contributed by atoms with Crippen molar-refractivity contribution in [2.75, 3.05) is 29.9 Å². The third-order valence-corrected chi connectivity index (χ3v) is 5.46. The lowest BCUT2D eigenvalue weighted by Crippen LogP contribution is -2.40. The molecule has 1 fully saturated rings. The number of aliphatic carboxylic acids is 1. The minimum Gasteiger partial charge on any atom is -0.487 e.